The van der Waals surface area contributed by atoms with Crippen LogP contribution in [0.15, 0.2) is 259 Å². The Hall–Kier alpha value is -9.18. The standard InChI is InChI=1S/C78H66N2O/c1-75(2)67-28-18-15-26-62(67)63-45-43-59(47-68(63)75)79(57-39-35-53(36-40-57)51-21-11-9-12-22-51)58-41-37-54(38-42-58)52-31-33-56(34-32-52)66-49-69-70(77(5,6)78(7,8)76(69,3)4)50-72(66)80(71-29-19-16-25-61(71)55-23-13-10-14-24-55)60-44-46-65-64-27-17-20-30-73(64)81-74(65)48-60/h9-50H,1-8H3. The van der Waals surface area contributed by atoms with E-state index < -0.39 is 0 Å². The van der Waals surface area contributed by atoms with Crippen LogP contribution in [-0.2, 0) is 16.2 Å². The molecule has 2 aliphatic rings. The lowest BCUT2D eigenvalue weighted by molar-refractivity contribution is 0.125. The van der Waals surface area contributed by atoms with Gasteiger partial charge in [-0.1, -0.05) is 231 Å². The molecule has 14 rings (SSSR count). The molecular formula is C78H66N2O. The van der Waals surface area contributed by atoms with Crippen molar-refractivity contribution in [3.8, 4) is 55.6 Å². The third kappa shape index (κ3) is 7.92. The normalized spacial score (nSPS) is 15.1. The Balaban J connectivity index is 0.891. The summed E-state index contributed by atoms with van der Waals surface area (Å²) in [5.41, 5.74) is 25.5. The molecule has 0 radical (unpaired) electrons. The van der Waals surface area contributed by atoms with Gasteiger partial charge in [0.05, 0.1) is 11.4 Å². The number of benzene rings is 11. The first-order valence-electron chi connectivity index (χ1n) is 28.6. The highest BCUT2D eigenvalue weighted by molar-refractivity contribution is 6.07. The first-order valence-corrected chi connectivity index (χ1v) is 28.6. The van der Waals surface area contributed by atoms with Crippen LogP contribution in [-0.4, -0.2) is 0 Å². The fourth-order valence-corrected chi connectivity index (χ4v) is 13.6. The van der Waals surface area contributed by atoms with Crippen LogP contribution in [0.5, 0.6) is 0 Å². The van der Waals surface area contributed by atoms with E-state index in [2.05, 4.69) is 314 Å². The second kappa shape index (κ2) is 18.7. The molecule has 0 N–H and O–H groups in total. The van der Waals surface area contributed by atoms with Gasteiger partial charge in [-0.25, -0.2) is 0 Å². The van der Waals surface area contributed by atoms with E-state index in [1.54, 1.807) is 0 Å². The first kappa shape index (κ1) is 50.1. The summed E-state index contributed by atoms with van der Waals surface area (Å²) < 4.78 is 6.65. The number of fused-ring (bicyclic) bond motifs is 7. The Morgan fingerprint density at radius 3 is 1.40 bits per heavy atom. The molecule has 0 spiro atoms. The van der Waals surface area contributed by atoms with Crippen LogP contribution in [0, 0.1) is 5.41 Å². The molecule has 3 nitrogen and oxygen atoms in total. The van der Waals surface area contributed by atoms with E-state index in [0.29, 0.717) is 0 Å². The molecule has 2 aliphatic carbocycles. The second-order valence-electron chi connectivity index (χ2n) is 24.6. The van der Waals surface area contributed by atoms with Crippen molar-refractivity contribution in [2.45, 2.75) is 71.6 Å². The molecule has 11 aromatic carbocycles. The molecule has 12 aromatic rings. The summed E-state index contributed by atoms with van der Waals surface area (Å²) in [6.45, 7) is 19.4. The van der Waals surface area contributed by atoms with E-state index in [-0.39, 0.29) is 21.7 Å². The third-order valence-electron chi connectivity index (χ3n) is 19.4. The van der Waals surface area contributed by atoms with Crippen LogP contribution in [0.4, 0.5) is 34.1 Å². The SMILES string of the molecule is CC1(C)c2ccccc2-c2ccc(N(c3ccc(-c4ccccc4)cc3)c3ccc(-c4ccc(-c5cc6c(cc5N(c5ccc7c(c5)oc5ccccc57)c5ccccc5-c5ccccc5)C(C)(C)C(C)(C)C6(C)C)cc4)cc3)cc21. The van der Waals surface area contributed by atoms with Crippen molar-refractivity contribution in [3.05, 3.63) is 277 Å². The number of anilines is 6. The number of para-hydroxylation sites is 2. The van der Waals surface area contributed by atoms with Gasteiger partial charge in [-0.3, -0.25) is 0 Å². The number of hydrogen-bond acceptors (Lipinski definition) is 3. The van der Waals surface area contributed by atoms with Gasteiger partial charge in [0.1, 0.15) is 11.2 Å². The highest BCUT2D eigenvalue weighted by Gasteiger charge is 2.57. The maximum Gasteiger partial charge on any atom is 0.137 e. The van der Waals surface area contributed by atoms with Gasteiger partial charge in [0.25, 0.3) is 0 Å². The fourth-order valence-electron chi connectivity index (χ4n) is 13.6. The van der Waals surface area contributed by atoms with E-state index in [1.165, 1.54) is 50.1 Å². The smallest absolute Gasteiger partial charge is 0.137 e. The molecule has 0 fully saturated rings. The van der Waals surface area contributed by atoms with Crippen molar-refractivity contribution in [2.75, 3.05) is 9.80 Å². The molecule has 1 aromatic heterocycles. The largest absolute Gasteiger partial charge is 0.456 e. The quantitative estimate of drug-likeness (QED) is 0.136. The fraction of sp³-hybridized carbons (Fsp3) is 0.154. The lowest BCUT2D eigenvalue weighted by Crippen LogP contribution is -2.42. The van der Waals surface area contributed by atoms with E-state index in [1.807, 2.05) is 6.07 Å². The molecule has 3 heteroatoms. The minimum absolute atomic E-state index is 0.0433. The van der Waals surface area contributed by atoms with Gasteiger partial charge in [-0.2, -0.15) is 0 Å². The van der Waals surface area contributed by atoms with Crippen molar-refractivity contribution in [3.63, 3.8) is 0 Å². The highest BCUT2D eigenvalue weighted by atomic mass is 16.3. The molecule has 1 heterocycles. The molecule has 394 valence electrons. The molecule has 0 unspecified atom stereocenters. The maximum absolute atomic E-state index is 6.65. The predicted molar refractivity (Wildman–Crippen MR) is 342 cm³/mol. The van der Waals surface area contributed by atoms with E-state index in [0.717, 1.165) is 83.9 Å². The number of hydrogen-bond donors (Lipinski definition) is 0. The van der Waals surface area contributed by atoms with Gasteiger partial charge in [-0.05, 0) is 156 Å². The third-order valence-corrected chi connectivity index (χ3v) is 19.4. The van der Waals surface area contributed by atoms with Crippen molar-refractivity contribution >= 4 is 56.1 Å². The number of furan rings is 1. The van der Waals surface area contributed by atoms with Crippen molar-refractivity contribution in [2.24, 2.45) is 5.41 Å². The first-order chi connectivity index (χ1) is 39.2. The zero-order valence-electron chi connectivity index (χ0n) is 47.6. The number of rotatable bonds is 10. The van der Waals surface area contributed by atoms with Crippen LogP contribution in [0.25, 0.3) is 77.6 Å². The molecule has 81 heavy (non-hydrogen) atoms. The van der Waals surface area contributed by atoms with E-state index >= 15 is 0 Å². The molecular weight excluding hydrogens is 981 g/mol. The molecule has 0 aliphatic heterocycles. The van der Waals surface area contributed by atoms with Crippen LogP contribution in [0.2, 0.25) is 0 Å². The van der Waals surface area contributed by atoms with Crippen LogP contribution in [0.1, 0.15) is 77.6 Å². The van der Waals surface area contributed by atoms with Crippen molar-refractivity contribution in [1.29, 1.82) is 0 Å². The minimum atomic E-state index is -0.132. The van der Waals surface area contributed by atoms with E-state index in [4.69, 9.17) is 4.42 Å². The predicted octanol–water partition coefficient (Wildman–Crippen LogP) is 22.1. The lowest BCUT2D eigenvalue weighted by Gasteiger charge is -2.44. The summed E-state index contributed by atoms with van der Waals surface area (Å²) in [4.78, 5) is 4.90. The van der Waals surface area contributed by atoms with Gasteiger partial charge in [-0.15, -0.1) is 0 Å². The van der Waals surface area contributed by atoms with E-state index in [9.17, 15) is 0 Å². The van der Waals surface area contributed by atoms with Gasteiger partial charge in [0, 0.05) is 56.1 Å². The Labute approximate surface area is 477 Å². The maximum atomic E-state index is 6.65. The average Bonchev–Trinajstić information content (AvgIpc) is 2.69. The topological polar surface area (TPSA) is 19.6 Å². The average molecular weight is 1050 g/mol. The zero-order chi connectivity index (χ0) is 55.4. The number of nitrogens with zero attached hydrogens (tertiary/aromatic N) is 2. The summed E-state index contributed by atoms with van der Waals surface area (Å²) in [5, 5.41) is 2.23. The zero-order valence-corrected chi connectivity index (χ0v) is 47.6. The van der Waals surface area contributed by atoms with Gasteiger partial charge in [0.2, 0.25) is 0 Å². The van der Waals surface area contributed by atoms with Gasteiger partial charge < -0.3 is 14.2 Å². The summed E-state index contributed by atoms with van der Waals surface area (Å²) in [6, 6.07) is 93.8. The molecule has 0 atom stereocenters. The summed E-state index contributed by atoms with van der Waals surface area (Å²) in [5.74, 6) is 0. The van der Waals surface area contributed by atoms with Crippen molar-refractivity contribution < 1.29 is 4.42 Å². The van der Waals surface area contributed by atoms with Gasteiger partial charge in [0.15, 0.2) is 0 Å². The Bertz CT molecular complexity index is 4370. The summed E-state index contributed by atoms with van der Waals surface area (Å²) in [7, 11) is 0. The van der Waals surface area contributed by atoms with Crippen LogP contribution >= 0.6 is 0 Å². The van der Waals surface area contributed by atoms with Crippen LogP contribution in [0.3, 0.4) is 0 Å². The van der Waals surface area contributed by atoms with Gasteiger partial charge >= 0.3 is 0 Å². The summed E-state index contributed by atoms with van der Waals surface area (Å²) in [6.07, 6.45) is 0. The lowest BCUT2D eigenvalue weighted by atomic mass is 9.59. The molecule has 0 amide bonds. The van der Waals surface area contributed by atoms with Crippen LogP contribution < -0.4 is 9.80 Å². The van der Waals surface area contributed by atoms with Crippen molar-refractivity contribution in [1.82, 2.24) is 0 Å². The minimum Gasteiger partial charge on any atom is -0.456 e. The molecule has 0 bridgehead atoms. The second-order valence-corrected chi connectivity index (χ2v) is 24.6. The Morgan fingerprint density at radius 2 is 0.728 bits per heavy atom. The summed E-state index contributed by atoms with van der Waals surface area (Å²) >= 11 is 0. The Morgan fingerprint density at radius 1 is 0.272 bits per heavy atom. The highest BCUT2D eigenvalue weighted by Crippen LogP contribution is 2.63. The molecule has 0 saturated heterocycles. The Kier molecular flexibility index (Phi) is 11.6. The monoisotopic (exact) mass is 1050 g/mol. The molecule has 0 saturated carbocycles.